The number of para-hydroxylation sites is 4. The SMILES string of the molecule is N#C/C(=C\c1ccccc1OCc1ccccn1)C(=O)Nc1ccccc1Oc1ccccc1. The lowest BCUT2D eigenvalue weighted by Gasteiger charge is -2.12. The molecule has 6 heteroatoms. The van der Waals surface area contributed by atoms with E-state index in [0.29, 0.717) is 28.5 Å². The molecule has 6 nitrogen and oxygen atoms in total. The molecule has 4 rings (SSSR count). The van der Waals surface area contributed by atoms with Crippen molar-refractivity contribution >= 4 is 17.7 Å². The van der Waals surface area contributed by atoms with E-state index in [0.717, 1.165) is 5.69 Å². The summed E-state index contributed by atoms with van der Waals surface area (Å²) in [4.78, 5) is 17.2. The highest BCUT2D eigenvalue weighted by Crippen LogP contribution is 2.30. The lowest BCUT2D eigenvalue weighted by molar-refractivity contribution is -0.112. The van der Waals surface area contributed by atoms with Gasteiger partial charge in [-0.2, -0.15) is 5.26 Å². The quantitative estimate of drug-likeness (QED) is 0.265. The third-order valence-corrected chi connectivity index (χ3v) is 4.79. The summed E-state index contributed by atoms with van der Waals surface area (Å²) in [6.07, 6.45) is 3.20. The predicted molar refractivity (Wildman–Crippen MR) is 130 cm³/mol. The van der Waals surface area contributed by atoms with Crippen molar-refractivity contribution in [1.82, 2.24) is 4.98 Å². The van der Waals surface area contributed by atoms with E-state index in [9.17, 15) is 10.1 Å². The Hall–Kier alpha value is -4.89. The number of pyridine rings is 1. The van der Waals surface area contributed by atoms with Crippen molar-refractivity contribution in [3.05, 3.63) is 120 Å². The number of nitrogens with zero attached hydrogens (tertiary/aromatic N) is 2. The number of ether oxygens (including phenoxy) is 2. The molecule has 0 saturated heterocycles. The normalized spacial score (nSPS) is 10.7. The first-order valence-corrected chi connectivity index (χ1v) is 10.6. The molecule has 0 aliphatic rings. The van der Waals surface area contributed by atoms with Gasteiger partial charge in [-0.3, -0.25) is 9.78 Å². The van der Waals surface area contributed by atoms with Gasteiger partial charge in [-0.15, -0.1) is 0 Å². The summed E-state index contributed by atoms with van der Waals surface area (Å²) in [5.74, 6) is 1.10. The molecule has 0 atom stereocenters. The predicted octanol–water partition coefficient (Wildman–Crippen LogP) is 6.00. The molecule has 1 heterocycles. The van der Waals surface area contributed by atoms with Crippen molar-refractivity contribution in [3.63, 3.8) is 0 Å². The lowest BCUT2D eigenvalue weighted by atomic mass is 10.1. The van der Waals surface area contributed by atoms with E-state index in [1.54, 1.807) is 36.5 Å². The number of benzene rings is 3. The standard InChI is InChI=1S/C28H21N3O3/c29-19-22(18-21-10-4-6-15-26(21)33-20-23-11-8-9-17-30-23)28(32)31-25-14-5-7-16-27(25)34-24-12-2-1-3-13-24/h1-18H,20H2,(H,31,32)/b22-18+. The van der Waals surface area contributed by atoms with Gasteiger partial charge in [0.25, 0.3) is 5.91 Å². The molecular formula is C28H21N3O3. The number of hydrogen-bond acceptors (Lipinski definition) is 5. The van der Waals surface area contributed by atoms with E-state index in [1.807, 2.05) is 72.8 Å². The highest BCUT2D eigenvalue weighted by molar-refractivity contribution is 6.10. The summed E-state index contributed by atoms with van der Waals surface area (Å²) in [7, 11) is 0. The molecule has 0 aliphatic carbocycles. The first-order valence-electron chi connectivity index (χ1n) is 10.6. The van der Waals surface area contributed by atoms with E-state index in [1.165, 1.54) is 6.08 Å². The average molecular weight is 447 g/mol. The molecule has 0 saturated carbocycles. The second-order valence-electron chi connectivity index (χ2n) is 7.18. The Bertz CT molecular complexity index is 1330. The van der Waals surface area contributed by atoms with Crippen LogP contribution in [-0.4, -0.2) is 10.9 Å². The number of anilines is 1. The van der Waals surface area contributed by atoms with Gasteiger partial charge in [-0.05, 0) is 48.5 Å². The van der Waals surface area contributed by atoms with Crippen LogP contribution >= 0.6 is 0 Å². The average Bonchev–Trinajstić information content (AvgIpc) is 2.89. The van der Waals surface area contributed by atoms with E-state index in [2.05, 4.69) is 10.3 Å². The van der Waals surface area contributed by atoms with Crippen LogP contribution in [0.5, 0.6) is 17.2 Å². The fraction of sp³-hybridized carbons (Fsp3) is 0.0357. The fourth-order valence-electron chi connectivity index (χ4n) is 3.13. The molecule has 1 amide bonds. The fourth-order valence-corrected chi connectivity index (χ4v) is 3.13. The van der Waals surface area contributed by atoms with E-state index in [4.69, 9.17) is 9.47 Å². The number of amides is 1. The minimum absolute atomic E-state index is 0.0663. The summed E-state index contributed by atoms with van der Waals surface area (Å²) < 4.78 is 11.8. The summed E-state index contributed by atoms with van der Waals surface area (Å²) >= 11 is 0. The highest BCUT2D eigenvalue weighted by atomic mass is 16.5. The molecule has 34 heavy (non-hydrogen) atoms. The van der Waals surface area contributed by atoms with E-state index in [-0.39, 0.29) is 12.2 Å². The van der Waals surface area contributed by atoms with Gasteiger partial charge >= 0.3 is 0 Å². The third kappa shape index (κ3) is 5.87. The molecule has 3 aromatic carbocycles. The number of aromatic nitrogens is 1. The van der Waals surface area contributed by atoms with Gasteiger partial charge in [0.2, 0.25) is 0 Å². The Labute approximate surface area is 197 Å². The van der Waals surface area contributed by atoms with Gasteiger partial charge in [-0.25, -0.2) is 0 Å². The van der Waals surface area contributed by atoms with Crippen LogP contribution < -0.4 is 14.8 Å². The monoisotopic (exact) mass is 447 g/mol. The van der Waals surface area contributed by atoms with Crippen LogP contribution in [0.1, 0.15) is 11.3 Å². The van der Waals surface area contributed by atoms with E-state index < -0.39 is 5.91 Å². The van der Waals surface area contributed by atoms with Gasteiger partial charge in [0.1, 0.15) is 29.7 Å². The number of rotatable bonds is 8. The van der Waals surface area contributed by atoms with Gasteiger partial charge in [0.05, 0.1) is 11.4 Å². The smallest absolute Gasteiger partial charge is 0.266 e. The molecule has 0 fully saturated rings. The zero-order valence-electron chi connectivity index (χ0n) is 18.2. The van der Waals surface area contributed by atoms with Crippen LogP contribution in [0, 0.1) is 11.3 Å². The third-order valence-electron chi connectivity index (χ3n) is 4.79. The summed E-state index contributed by atoms with van der Waals surface area (Å²) in [6.45, 7) is 0.268. The molecular weight excluding hydrogens is 426 g/mol. The largest absolute Gasteiger partial charge is 0.487 e. The molecule has 0 spiro atoms. The molecule has 1 aromatic heterocycles. The topological polar surface area (TPSA) is 84.2 Å². The maximum absolute atomic E-state index is 12.9. The molecule has 0 bridgehead atoms. The van der Waals surface area contributed by atoms with Crippen LogP contribution in [-0.2, 0) is 11.4 Å². The van der Waals surface area contributed by atoms with Gasteiger partial charge < -0.3 is 14.8 Å². The van der Waals surface area contributed by atoms with Crippen molar-refractivity contribution in [2.75, 3.05) is 5.32 Å². The maximum atomic E-state index is 12.9. The summed E-state index contributed by atoms with van der Waals surface area (Å²) in [5.41, 5.74) is 1.77. The zero-order valence-corrected chi connectivity index (χ0v) is 18.2. The van der Waals surface area contributed by atoms with Crippen LogP contribution in [0.25, 0.3) is 6.08 Å². The lowest BCUT2D eigenvalue weighted by Crippen LogP contribution is -2.14. The van der Waals surface area contributed by atoms with Crippen LogP contribution in [0.4, 0.5) is 5.69 Å². The molecule has 0 radical (unpaired) electrons. The summed E-state index contributed by atoms with van der Waals surface area (Å²) in [6, 6.07) is 31.1. The van der Waals surface area contributed by atoms with Gasteiger partial charge in [-0.1, -0.05) is 54.6 Å². The minimum Gasteiger partial charge on any atom is -0.487 e. The van der Waals surface area contributed by atoms with Crippen molar-refractivity contribution in [2.24, 2.45) is 0 Å². The Morgan fingerprint density at radius 1 is 0.882 bits per heavy atom. The van der Waals surface area contributed by atoms with E-state index >= 15 is 0 Å². The molecule has 0 aliphatic heterocycles. The maximum Gasteiger partial charge on any atom is 0.266 e. The van der Waals surface area contributed by atoms with Crippen molar-refractivity contribution in [1.29, 1.82) is 5.26 Å². The first kappa shape index (κ1) is 22.3. The number of carbonyl (C=O) groups excluding carboxylic acids is 1. The molecule has 166 valence electrons. The first-order chi connectivity index (χ1) is 16.7. The number of nitriles is 1. The molecule has 4 aromatic rings. The van der Waals surface area contributed by atoms with Crippen LogP contribution in [0.2, 0.25) is 0 Å². The second kappa shape index (κ2) is 11.1. The second-order valence-corrected chi connectivity index (χ2v) is 7.18. The highest BCUT2D eigenvalue weighted by Gasteiger charge is 2.14. The van der Waals surface area contributed by atoms with Crippen LogP contribution in [0.3, 0.4) is 0 Å². The van der Waals surface area contributed by atoms with Gasteiger partial charge in [0.15, 0.2) is 5.75 Å². The Balaban J connectivity index is 1.52. The zero-order chi connectivity index (χ0) is 23.6. The van der Waals surface area contributed by atoms with Crippen molar-refractivity contribution in [2.45, 2.75) is 6.61 Å². The van der Waals surface area contributed by atoms with Crippen LogP contribution in [0.15, 0.2) is 109 Å². The number of nitrogens with one attached hydrogen (secondary N) is 1. The Morgan fingerprint density at radius 2 is 1.59 bits per heavy atom. The minimum atomic E-state index is -0.550. The molecule has 0 unspecified atom stereocenters. The molecule has 1 N–H and O–H groups in total. The Kier molecular flexibility index (Phi) is 7.29. The number of hydrogen-bond donors (Lipinski definition) is 1. The van der Waals surface area contributed by atoms with Gasteiger partial charge in [0, 0.05) is 11.8 Å². The van der Waals surface area contributed by atoms with Crippen molar-refractivity contribution in [3.8, 4) is 23.3 Å². The Morgan fingerprint density at radius 3 is 2.35 bits per heavy atom. The van der Waals surface area contributed by atoms with Crippen molar-refractivity contribution < 1.29 is 14.3 Å². The summed E-state index contributed by atoms with van der Waals surface area (Å²) in [5, 5.41) is 12.5. The number of carbonyl (C=O) groups is 1.